The van der Waals surface area contributed by atoms with Crippen LogP contribution in [0.25, 0.3) is 0 Å². The van der Waals surface area contributed by atoms with Crippen LogP contribution in [-0.4, -0.2) is 25.2 Å². The topological polar surface area (TPSA) is 75.1 Å². The van der Waals surface area contributed by atoms with E-state index >= 15 is 0 Å². The van der Waals surface area contributed by atoms with Gasteiger partial charge >= 0.3 is 0 Å². The van der Waals surface area contributed by atoms with Gasteiger partial charge in [-0.25, -0.2) is 0 Å². The molecule has 1 atom stereocenters. The van der Waals surface area contributed by atoms with Gasteiger partial charge in [0, 0.05) is 6.92 Å². The molecule has 6 nitrogen and oxygen atoms in total. The molecule has 3 rings (SSSR count). The lowest BCUT2D eigenvalue weighted by Crippen LogP contribution is -2.32. The Kier molecular flexibility index (Phi) is 5.08. The van der Waals surface area contributed by atoms with Crippen LogP contribution in [0.5, 0.6) is 11.5 Å². The Labute approximate surface area is 150 Å². The van der Waals surface area contributed by atoms with Crippen LogP contribution < -0.4 is 14.6 Å². The van der Waals surface area contributed by atoms with Gasteiger partial charge in [0.1, 0.15) is 24.5 Å². The molecule has 0 saturated carbocycles. The first kappa shape index (κ1) is 17.1. The largest absolute Gasteiger partial charge is 0.489 e. The Hall–Kier alpha value is -2.75. The second-order valence-corrected chi connectivity index (χ2v) is 5.80. The van der Waals surface area contributed by atoms with Gasteiger partial charge in [-0.2, -0.15) is 5.26 Å². The average Bonchev–Trinajstić information content (AvgIpc) is 3.43. The van der Waals surface area contributed by atoms with E-state index in [9.17, 15) is 10.1 Å². The third kappa shape index (κ3) is 4.21. The third-order valence-electron chi connectivity index (χ3n) is 3.46. The predicted molar refractivity (Wildman–Crippen MR) is 91.6 cm³/mol. The highest BCUT2D eigenvalue weighted by Crippen LogP contribution is 2.29. The second kappa shape index (κ2) is 7.43. The molecule has 0 N–H and O–H groups in total. The fraction of sp³-hybridized carbons (Fsp3) is 0.222. The van der Waals surface area contributed by atoms with Crippen molar-refractivity contribution in [2.24, 2.45) is 0 Å². The molecular weight excluding hydrogens is 344 g/mol. The van der Waals surface area contributed by atoms with Crippen molar-refractivity contribution in [3.8, 4) is 17.6 Å². The Bertz CT molecular complexity index is 830. The molecule has 128 valence electrons. The molecule has 1 fully saturated rings. The highest BCUT2D eigenvalue weighted by molar-refractivity contribution is 6.32. The zero-order chi connectivity index (χ0) is 17.8. The number of carbonyl (C=O) groups excluding carboxylic acids is 1. The smallest absolute Gasteiger partial charge is 0.256 e. The summed E-state index contributed by atoms with van der Waals surface area (Å²) in [4.78, 5) is 17.6. The van der Waals surface area contributed by atoms with Gasteiger partial charge in [0.05, 0.1) is 22.9 Å². The maximum absolute atomic E-state index is 12.0. The van der Waals surface area contributed by atoms with Crippen LogP contribution in [0.4, 0.5) is 5.69 Å². The van der Waals surface area contributed by atoms with Crippen LogP contribution in [-0.2, 0) is 9.53 Å². The van der Waals surface area contributed by atoms with Crippen molar-refractivity contribution in [1.82, 2.24) is 0 Å². The van der Waals surface area contributed by atoms with Gasteiger partial charge in [-0.1, -0.05) is 23.7 Å². The second-order valence-electron chi connectivity index (χ2n) is 5.39. The Morgan fingerprint density at radius 1 is 1.36 bits per heavy atom. The van der Waals surface area contributed by atoms with Crippen LogP contribution in [0.2, 0.25) is 5.02 Å². The quantitative estimate of drug-likeness (QED) is 0.584. The number of anilines is 1. The number of nitrogens with zero attached hydrogens (tertiary/aromatic N) is 2. The molecule has 2 aromatic carbocycles. The van der Waals surface area contributed by atoms with Gasteiger partial charge in [-0.05, 0) is 30.3 Å². The van der Waals surface area contributed by atoms with Gasteiger partial charge < -0.3 is 14.3 Å². The van der Waals surface area contributed by atoms with Gasteiger partial charge in [-0.15, -0.1) is 5.06 Å². The summed E-state index contributed by atoms with van der Waals surface area (Å²) in [6.45, 7) is 2.42. The molecule has 1 heterocycles. The number of ether oxygens (including phenoxy) is 2. The highest BCUT2D eigenvalue weighted by atomic mass is 35.5. The fourth-order valence-electron chi connectivity index (χ4n) is 2.12. The summed E-state index contributed by atoms with van der Waals surface area (Å²) in [5.74, 6) is 0.413. The summed E-state index contributed by atoms with van der Waals surface area (Å²) in [5, 5.41) is 10.8. The van der Waals surface area contributed by atoms with E-state index in [1.54, 1.807) is 36.4 Å². The van der Waals surface area contributed by atoms with E-state index in [0.29, 0.717) is 41.0 Å². The van der Waals surface area contributed by atoms with Gasteiger partial charge in [0.25, 0.3) is 5.91 Å². The predicted octanol–water partition coefficient (Wildman–Crippen LogP) is 3.34. The first-order chi connectivity index (χ1) is 12.1. The minimum Gasteiger partial charge on any atom is -0.489 e. The number of hydroxylamine groups is 1. The van der Waals surface area contributed by atoms with Crippen LogP contribution in [0, 0.1) is 11.3 Å². The lowest BCUT2D eigenvalue weighted by molar-refractivity contribution is -0.120. The van der Waals surface area contributed by atoms with E-state index < -0.39 is 0 Å². The number of hydrogen-bond acceptors (Lipinski definition) is 5. The maximum atomic E-state index is 12.0. The van der Waals surface area contributed by atoms with Crippen molar-refractivity contribution in [3.63, 3.8) is 0 Å². The lowest BCUT2D eigenvalue weighted by atomic mass is 10.2. The van der Waals surface area contributed by atoms with Crippen LogP contribution in [0.3, 0.4) is 0 Å². The van der Waals surface area contributed by atoms with E-state index in [4.69, 9.17) is 25.9 Å². The van der Waals surface area contributed by atoms with Crippen molar-refractivity contribution in [1.29, 1.82) is 5.26 Å². The molecule has 0 radical (unpaired) electrons. The molecule has 0 aliphatic carbocycles. The molecule has 1 amide bonds. The van der Waals surface area contributed by atoms with Crippen LogP contribution in [0.1, 0.15) is 12.5 Å². The van der Waals surface area contributed by atoms with E-state index in [2.05, 4.69) is 6.07 Å². The third-order valence-corrected chi connectivity index (χ3v) is 3.77. The number of halogens is 1. The van der Waals surface area contributed by atoms with Crippen LogP contribution >= 0.6 is 11.6 Å². The van der Waals surface area contributed by atoms with Crippen molar-refractivity contribution in [2.45, 2.75) is 13.0 Å². The van der Waals surface area contributed by atoms with Gasteiger partial charge in [-0.3, -0.25) is 4.79 Å². The molecule has 25 heavy (non-hydrogen) atoms. The number of rotatable bonds is 6. The molecule has 1 aliphatic rings. The molecule has 0 aromatic heterocycles. The van der Waals surface area contributed by atoms with E-state index in [1.165, 1.54) is 13.0 Å². The number of amides is 1. The summed E-state index contributed by atoms with van der Waals surface area (Å²) in [6.07, 6.45) is 0.0866. The fourth-order valence-corrected chi connectivity index (χ4v) is 2.29. The molecule has 1 saturated heterocycles. The van der Waals surface area contributed by atoms with E-state index in [0.717, 1.165) is 5.06 Å². The minimum atomic E-state index is -0.358. The average molecular weight is 359 g/mol. The van der Waals surface area contributed by atoms with Gasteiger partial charge in [0.15, 0.2) is 5.75 Å². The molecule has 0 bridgehead atoms. The molecule has 2 aromatic rings. The van der Waals surface area contributed by atoms with Crippen molar-refractivity contribution < 1.29 is 19.1 Å². The SMILES string of the molecule is CC(=O)N(Oc1ccccc1Cl)c1ccc(OCC2CO2)c(C#N)c1. The Morgan fingerprint density at radius 2 is 2.12 bits per heavy atom. The van der Waals surface area contributed by atoms with Crippen molar-refractivity contribution in [3.05, 3.63) is 53.1 Å². The molecule has 0 spiro atoms. The maximum Gasteiger partial charge on any atom is 0.256 e. The Balaban J connectivity index is 1.84. The van der Waals surface area contributed by atoms with E-state index in [-0.39, 0.29) is 12.0 Å². The molecule has 1 unspecified atom stereocenters. The first-order valence-electron chi connectivity index (χ1n) is 7.60. The molecular formula is C18H15ClN2O4. The summed E-state index contributed by atoms with van der Waals surface area (Å²) < 4.78 is 10.7. The normalized spacial score (nSPS) is 15.2. The monoisotopic (exact) mass is 358 g/mol. The minimum absolute atomic E-state index is 0.0866. The van der Waals surface area contributed by atoms with Crippen LogP contribution in [0.15, 0.2) is 42.5 Å². The number of nitriles is 1. The summed E-state index contributed by atoms with van der Waals surface area (Å²) >= 11 is 6.07. The summed E-state index contributed by atoms with van der Waals surface area (Å²) in [7, 11) is 0. The molecule has 1 aliphatic heterocycles. The zero-order valence-corrected chi connectivity index (χ0v) is 14.2. The number of para-hydroxylation sites is 1. The Morgan fingerprint density at radius 3 is 2.76 bits per heavy atom. The number of hydrogen-bond donors (Lipinski definition) is 0. The number of benzene rings is 2. The van der Waals surface area contributed by atoms with Gasteiger partial charge in [0.2, 0.25) is 0 Å². The molecule has 7 heteroatoms. The number of carbonyl (C=O) groups is 1. The summed E-state index contributed by atoms with van der Waals surface area (Å²) in [5.41, 5.74) is 0.700. The number of epoxide rings is 1. The van der Waals surface area contributed by atoms with Crippen molar-refractivity contribution in [2.75, 3.05) is 18.3 Å². The van der Waals surface area contributed by atoms with E-state index in [1.807, 2.05) is 0 Å². The lowest BCUT2D eigenvalue weighted by Gasteiger charge is -2.22. The first-order valence-corrected chi connectivity index (χ1v) is 7.98. The highest BCUT2D eigenvalue weighted by Gasteiger charge is 2.24. The zero-order valence-electron chi connectivity index (χ0n) is 13.4. The van der Waals surface area contributed by atoms with Crippen molar-refractivity contribution >= 4 is 23.2 Å². The summed E-state index contributed by atoms with van der Waals surface area (Å²) in [6, 6.07) is 13.7. The standard InChI is InChI=1S/C18H15ClN2O4/c1-12(22)21(25-18-5-3-2-4-16(18)19)14-6-7-17(13(8-14)9-20)24-11-15-10-23-15/h2-8,15H,10-11H2,1H3.